The molecule has 0 bridgehead atoms. The van der Waals surface area contributed by atoms with Gasteiger partial charge in [0.15, 0.2) is 0 Å². The Labute approximate surface area is 108 Å². The number of likely N-dealkylation sites (tertiary alicyclic amines) is 1. The lowest BCUT2D eigenvalue weighted by Gasteiger charge is -2.23. The number of imidazole rings is 1. The zero-order valence-corrected chi connectivity index (χ0v) is 10.5. The van der Waals surface area contributed by atoms with Gasteiger partial charge in [-0.3, -0.25) is 4.90 Å². The third-order valence-corrected chi connectivity index (χ3v) is 3.74. The van der Waals surface area contributed by atoms with Crippen molar-refractivity contribution in [2.24, 2.45) is 0 Å². The van der Waals surface area contributed by atoms with Gasteiger partial charge in [0.1, 0.15) is 0 Å². The molecule has 1 unspecified atom stereocenters. The first-order valence-electron chi connectivity index (χ1n) is 6.67. The van der Waals surface area contributed by atoms with Crippen LogP contribution < -0.4 is 0 Å². The van der Waals surface area contributed by atoms with E-state index in [0.29, 0.717) is 6.04 Å². The summed E-state index contributed by atoms with van der Waals surface area (Å²) < 4.78 is 0. The lowest BCUT2D eigenvalue weighted by atomic mass is 10.0. The fraction of sp³-hybridized carbons (Fsp3) is 0.400. The maximum absolute atomic E-state index is 4.09. The summed E-state index contributed by atoms with van der Waals surface area (Å²) in [5, 5.41) is 0. The molecule has 1 aliphatic heterocycles. The molecule has 3 heteroatoms. The highest BCUT2D eigenvalue weighted by molar-refractivity contribution is 5.16. The van der Waals surface area contributed by atoms with Crippen molar-refractivity contribution in [3.8, 4) is 0 Å². The van der Waals surface area contributed by atoms with Gasteiger partial charge in [-0.25, -0.2) is 4.98 Å². The van der Waals surface area contributed by atoms with Crippen LogP contribution in [0.2, 0.25) is 0 Å². The Morgan fingerprint density at radius 3 is 2.94 bits per heavy atom. The fourth-order valence-corrected chi connectivity index (χ4v) is 2.81. The minimum Gasteiger partial charge on any atom is -0.347 e. The Morgan fingerprint density at radius 1 is 1.28 bits per heavy atom. The highest BCUT2D eigenvalue weighted by Crippen LogP contribution is 2.22. The van der Waals surface area contributed by atoms with Crippen LogP contribution in [-0.4, -0.2) is 27.5 Å². The molecule has 1 N–H and O–H groups in total. The highest BCUT2D eigenvalue weighted by Gasteiger charge is 2.24. The standard InChI is InChI=1S/C15H19N3/c1-2-5-13(6-3-1)9-15-7-4-8-18(15)11-14-10-16-12-17-14/h1-3,5-6,10,12,15H,4,7-9,11H2,(H,16,17). The van der Waals surface area contributed by atoms with Crippen molar-refractivity contribution in [3.05, 3.63) is 54.1 Å². The first-order chi connectivity index (χ1) is 8.92. The van der Waals surface area contributed by atoms with E-state index >= 15 is 0 Å². The zero-order chi connectivity index (χ0) is 12.2. The molecule has 18 heavy (non-hydrogen) atoms. The van der Waals surface area contributed by atoms with Crippen molar-refractivity contribution < 1.29 is 0 Å². The molecule has 1 atom stereocenters. The predicted molar refractivity (Wildman–Crippen MR) is 72.2 cm³/mol. The average Bonchev–Trinajstić information content (AvgIpc) is 3.04. The quantitative estimate of drug-likeness (QED) is 0.892. The molecule has 94 valence electrons. The normalized spacial score (nSPS) is 20.3. The number of hydrogen-bond donors (Lipinski definition) is 1. The third kappa shape index (κ3) is 2.62. The molecule has 0 aliphatic carbocycles. The zero-order valence-electron chi connectivity index (χ0n) is 10.5. The number of nitrogens with zero attached hydrogens (tertiary/aromatic N) is 2. The topological polar surface area (TPSA) is 31.9 Å². The second kappa shape index (κ2) is 5.36. The maximum atomic E-state index is 4.09. The maximum Gasteiger partial charge on any atom is 0.0922 e. The molecule has 3 rings (SSSR count). The number of aromatic amines is 1. The molecule has 0 saturated carbocycles. The first kappa shape index (κ1) is 11.5. The summed E-state index contributed by atoms with van der Waals surface area (Å²) in [5.74, 6) is 0. The average molecular weight is 241 g/mol. The summed E-state index contributed by atoms with van der Waals surface area (Å²) in [7, 11) is 0. The molecular formula is C15H19N3. The summed E-state index contributed by atoms with van der Waals surface area (Å²) in [6, 6.07) is 11.5. The van der Waals surface area contributed by atoms with E-state index in [2.05, 4.69) is 45.2 Å². The van der Waals surface area contributed by atoms with Gasteiger partial charge in [0.05, 0.1) is 6.33 Å². The van der Waals surface area contributed by atoms with Crippen LogP contribution in [0.15, 0.2) is 42.9 Å². The van der Waals surface area contributed by atoms with E-state index in [-0.39, 0.29) is 0 Å². The Bertz CT molecular complexity index is 464. The van der Waals surface area contributed by atoms with Crippen molar-refractivity contribution >= 4 is 0 Å². The molecule has 2 aromatic rings. The van der Waals surface area contributed by atoms with E-state index in [1.54, 1.807) is 6.33 Å². The molecule has 1 fully saturated rings. The molecule has 0 radical (unpaired) electrons. The molecule has 1 aliphatic rings. The predicted octanol–water partition coefficient (Wildman–Crippen LogP) is 2.62. The van der Waals surface area contributed by atoms with Crippen LogP contribution in [0.3, 0.4) is 0 Å². The van der Waals surface area contributed by atoms with Crippen LogP contribution >= 0.6 is 0 Å². The van der Waals surface area contributed by atoms with Gasteiger partial charge in [-0.15, -0.1) is 0 Å². The number of aromatic nitrogens is 2. The summed E-state index contributed by atoms with van der Waals surface area (Å²) in [6.45, 7) is 2.20. The number of nitrogens with one attached hydrogen (secondary N) is 1. The minimum absolute atomic E-state index is 0.677. The molecule has 1 aromatic carbocycles. The second-order valence-electron chi connectivity index (χ2n) is 5.03. The SMILES string of the molecule is c1ccc(CC2CCCN2Cc2cnc[nH]2)cc1. The molecule has 2 heterocycles. The molecule has 3 nitrogen and oxygen atoms in total. The lowest BCUT2D eigenvalue weighted by Crippen LogP contribution is -2.30. The molecular weight excluding hydrogens is 222 g/mol. The van der Waals surface area contributed by atoms with Crippen LogP contribution in [0, 0.1) is 0 Å². The fourth-order valence-electron chi connectivity index (χ4n) is 2.81. The van der Waals surface area contributed by atoms with Crippen LogP contribution in [-0.2, 0) is 13.0 Å². The van der Waals surface area contributed by atoms with E-state index in [0.717, 1.165) is 13.0 Å². The van der Waals surface area contributed by atoms with Gasteiger partial charge in [0, 0.05) is 24.5 Å². The summed E-state index contributed by atoms with van der Waals surface area (Å²) in [4.78, 5) is 9.86. The lowest BCUT2D eigenvalue weighted by molar-refractivity contribution is 0.241. The highest BCUT2D eigenvalue weighted by atomic mass is 15.2. The van der Waals surface area contributed by atoms with Crippen LogP contribution in [0.5, 0.6) is 0 Å². The van der Waals surface area contributed by atoms with Crippen molar-refractivity contribution in [2.75, 3.05) is 6.54 Å². The molecule has 1 aromatic heterocycles. The van der Waals surface area contributed by atoms with E-state index in [9.17, 15) is 0 Å². The Morgan fingerprint density at radius 2 is 2.17 bits per heavy atom. The number of hydrogen-bond acceptors (Lipinski definition) is 2. The number of H-pyrrole nitrogens is 1. The Hall–Kier alpha value is -1.61. The van der Waals surface area contributed by atoms with Crippen molar-refractivity contribution in [3.63, 3.8) is 0 Å². The minimum atomic E-state index is 0.677. The van der Waals surface area contributed by atoms with Gasteiger partial charge in [-0.05, 0) is 31.4 Å². The number of benzene rings is 1. The van der Waals surface area contributed by atoms with Gasteiger partial charge in [0.2, 0.25) is 0 Å². The molecule has 1 saturated heterocycles. The number of rotatable bonds is 4. The van der Waals surface area contributed by atoms with Gasteiger partial charge < -0.3 is 4.98 Å². The van der Waals surface area contributed by atoms with Gasteiger partial charge in [0.25, 0.3) is 0 Å². The van der Waals surface area contributed by atoms with E-state index in [1.165, 1.54) is 30.6 Å². The Balaban J connectivity index is 1.64. The van der Waals surface area contributed by atoms with Gasteiger partial charge in [-0.1, -0.05) is 30.3 Å². The Kier molecular flexibility index (Phi) is 3.42. The summed E-state index contributed by atoms with van der Waals surface area (Å²) >= 11 is 0. The van der Waals surface area contributed by atoms with Crippen LogP contribution in [0.25, 0.3) is 0 Å². The van der Waals surface area contributed by atoms with Crippen molar-refractivity contribution in [2.45, 2.75) is 31.8 Å². The molecule has 0 spiro atoms. The van der Waals surface area contributed by atoms with E-state index < -0.39 is 0 Å². The van der Waals surface area contributed by atoms with E-state index in [4.69, 9.17) is 0 Å². The second-order valence-corrected chi connectivity index (χ2v) is 5.03. The third-order valence-electron chi connectivity index (χ3n) is 3.74. The smallest absolute Gasteiger partial charge is 0.0922 e. The largest absolute Gasteiger partial charge is 0.347 e. The first-order valence-corrected chi connectivity index (χ1v) is 6.67. The molecule has 0 amide bonds. The van der Waals surface area contributed by atoms with Gasteiger partial charge in [-0.2, -0.15) is 0 Å². The monoisotopic (exact) mass is 241 g/mol. The summed E-state index contributed by atoms with van der Waals surface area (Å²) in [5.41, 5.74) is 2.66. The van der Waals surface area contributed by atoms with E-state index in [1.807, 2.05) is 6.20 Å². The van der Waals surface area contributed by atoms with Gasteiger partial charge >= 0.3 is 0 Å². The summed E-state index contributed by atoms with van der Waals surface area (Å²) in [6.07, 6.45) is 7.47. The van der Waals surface area contributed by atoms with Crippen molar-refractivity contribution in [1.29, 1.82) is 0 Å². The van der Waals surface area contributed by atoms with Crippen LogP contribution in [0.4, 0.5) is 0 Å². The van der Waals surface area contributed by atoms with Crippen LogP contribution in [0.1, 0.15) is 24.1 Å². The van der Waals surface area contributed by atoms with Crippen molar-refractivity contribution in [1.82, 2.24) is 14.9 Å².